The van der Waals surface area contributed by atoms with Gasteiger partial charge in [0.15, 0.2) is 0 Å². The molecule has 0 spiro atoms. The van der Waals surface area contributed by atoms with Crippen molar-refractivity contribution in [2.45, 2.75) is 78.2 Å². The fourth-order valence-electron chi connectivity index (χ4n) is 8.19. The molecular formula is C22H35NO. The highest BCUT2D eigenvalue weighted by Gasteiger charge is 2.63. The monoisotopic (exact) mass is 329 g/mol. The largest absolute Gasteiger partial charge is 0.381 e. The molecule has 9 atom stereocenters. The molecule has 4 saturated carbocycles. The van der Waals surface area contributed by atoms with Crippen LogP contribution in [0.25, 0.3) is 0 Å². The second kappa shape index (κ2) is 5.73. The van der Waals surface area contributed by atoms with Crippen LogP contribution < -0.4 is 0 Å². The van der Waals surface area contributed by atoms with E-state index in [1.165, 1.54) is 38.5 Å². The van der Waals surface area contributed by atoms with Gasteiger partial charge in [-0.1, -0.05) is 27.2 Å². The van der Waals surface area contributed by atoms with E-state index in [0.29, 0.717) is 11.5 Å². The van der Waals surface area contributed by atoms with Gasteiger partial charge in [0.05, 0.1) is 18.1 Å². The van der Waals surface area contributed by atoms with Gasteiger partial charge in [0.1, 0.15) is 0 Å². The normalized spacial score (nSPS) is 56.7. The van der Waals surface area contributed by atoms with Gasteiger partial charge in [-0.15, -0.1) is 0 Å². The number of hydrogen-bond acceptors (Lipinski definition) is 2. The number of fused-ring (bicyclic) bond motifs is 5. The van der Waals surface area contributed by atoms with Crippen LogP contribution in [0.4, 0.5) is 0 Å². The average Bonchev–Trinajstić information content (AvgIpc) is 2.89. The average molecular weight is 330 g/mol. The Morgan fingerprint density at radius 1 is 0.958 bits per heavy atom. The van der Waals surface area contributed by atoms with Crippen LogP contribution >= 0.6 is 0 Å². The fourth-order valence-corrected chi connectivity index (χ4v) is 8.19. The van der Waals surface area contributed by atoms with Crippen molar-refractivity contribution in [1.82, 2.24) is 0 Å². The Hall–Kier alpha value is -0.550. The zero-order chi connectivity index (χ0) is 17.1. The van der Waals surface area contributed by atoms with Crippen molar-refractivity contribution >= 4 is 0 Å². The van der Waals surface area contributed by atoms with Crippen molar-refractivity contribution in [3.63, 3.8) is 0 Å². The van der Waals surface area contributed by atoms with Gasteiger partial charge in [-0.05, 0) is 85.4 Å². The molecule has 2 heteroatoms. The van der Waals surface area contributed by atoms with Crippen LogP contribution in [-0.4, -0.2) is 13.2 Å². The SMILES string of the molecule is CO[C@H]1C[C@@]2(C)C(CC[C@@H]2C#N)C2CCC3CC[C@@H](C)C[C@]3(C)C21. The maximum absolute atomic E-state index is 9.71. The predicted octanol–water partition coefficient (Wildman–Crippen LogP) is 5.43. The van der Waals surface area contributed by atoms with Crippen molar-refractivity contribution in [2.75, 3.05) is 7.11 Å². The molecule has 0 aromatic heterocycles. The molecule has 24 heavy (non-hydrogen) atoms. The van der Waals surface area contributed by atoms with Gasteiger partial charge in [0.25, 0.3) is 0 Å². The lowest BCUT2D eigenvalue weighted by molar-refractivity contribution is -0.180. The summed E-state index contributed by atoms with van der Waals surface area (Å²) in [5, 5.41) is 9.71. The van der Waals surface area contributed by atoms with E-state index in [2.05, 4.69) is 26.8 Å². The van der Waals surface area contributed by atoms with Crippen LogP contribution in [0, 0.1) is 57.7 Å². The molecule has 0 aliphatic heterocycles. The van der Waals surface area contributed by atoms with Crippen LogP contribution in [0.1, 0.15) is 72.1 Å². The molecule has 0 amide bonds. The standard InChI is InChI=1S/C22H35NO/c1-14-5-6-15-7-9-17-18-10-8-16(13-23)21(18,2)12-19(24-4)20(17)22(15,3)11-14/h14-20H,5-12H2,1-4H3/t14-,15?,16-,17?,18?,19+,20?,21-,22+/m1/s1. The smallest absolute Gasteiger partial charge is 0.0661 e. The lowest BCUT2D eigenvalue weighted by Crippen LogP contribution is -2.59. The summed E-state index contributed by atoms with van der Waals surface area (Å²) in [5.74, 6) is 4.29. The first-order valence-electron chi connectivity index (χ1n) is 10.4. The summed E-state index contributed by atoms with van der Waals surface area (Å²) in [4.78, 5) is 0. The highest BCUT2D eigenvalue weighted by Crippen LogP contribution is 2.68. The molecular weight excluding hydrogens is 294 g/mol. The van der Waals surface area contributed by atoms with E-state index in [1.54, 1.807) is 0 Å². The second-order valence-corrected chi connectivity index (χ2v) is 10.2. The van der Waals surface area contributed by atoms with Gasteiger partial charge in [0, 0.05) is 7.11 Å². The molecule has 4 unspecified atom stereocenters. The first kappa shape index (κ1) is 16.9. The Labute approximate surface area is 148 Å². The van der Waals surface area contributed by atoms with Crippen LogP contribution in [0.2, 0.25) is 0 Å². The van der Waals surface area contributed by atoms with E-state index in [9.17, 15) is 5.26 Å². The third kappa shape index (κ3) is 2.16. The van der Waals surface area contributed by atoms with E-state index < -0.39 is 0 Å². The van der Waals surface area contributed by atoms with Crippen LogP contribution in [-0.2, 0) is 4.74 Å². The van der Waals surface area contributed by atoms with Crippen molar-refractivity contribution < 1.29 is 4.74 Å². The fraction of sp³-hybridized carbons (Fsp3) is 0.955. The number of hydrogen-bond donors (Lipinski definition) is 0. The Morgan fingerprint density at radius 2 is 1.71 bits per heavy atom. The Kier molecular flexibility index (Phi) is 4.03. The van der Waals surface area contributed by atoms with Crippen LogP contribution in [0.15, 0.2) is 0 Å². The minimum atomic E-state index is 0.195. The highest BCUT2D eigenvalue weighted by atomic mass is 16.5. The lowest BCUT2D eigenvalue weighted by atomic mass is 9.43. The topological polar surface area (TPSA) is 33.0 Å². The van der Waals surface area contributed by atoms with Gasteiger partial charge in [0.2, 0.25) is 0 Å². The van der Waals surface area contributed by atoms with Gasteiger partial charge in [-0.2, -0.15) is 5.26 Å². The summed E-state index contributed by atoms with van der Waals surface area (Å²) in [7, 11) is 1.93. The van der Waals surface area contributed by atoms with Crippen LogP contribution in [0.5, 0.6) is 0 Å². The Bertz CT molecular complexity index is 539. The van der Waals surface area contributed by atoms with E-state index in [0.717, 1.165) is 42.4 Å². The minimum absolute atomic E-state index is 0.195. The molecule has 2 nitrogen and oxygen atoms in total. The maximum atomic E-state index is 9.71. The number of nitriles is 1. The van der Waals surface area contributed by atoms with E-state index >= 15 is 0 Å². The number of ether oxygens (including phenoxy) is 1. The molecule has 0 aromatic carbocycles. The van der Waals surface area contributed by atoms with Crippen LogP contribution in [0.3, 0.4) is 0 Å². The predicted molar refractivity (Wildman–Crippen MR) is 96.2 cm³/mol. The molecule has 0 saturated heterocycles. The summed E-state index contributed by atoms with van der Waals surface area (Å²) < 4.78 is 6.17. The van der Waals surface area contributed by atoms with Crippen molar-refractivity contribution in [2.24, 2.45) is 46.3 Å². The first-order valence-corrected chi connectivity index (χ1v) is 10.4. The summed E-state index contributed by atoms with van der Waals surface area (Å²) >= 11 is 0. The quantitative estimate of drug-likeness (QED) is 0.642. The van der Waals surface area contributed by atoms with Crippen molar-refractivity contribution in [1.29, 1.82) is 5.26 Å². The van der Waals surface area contributed by atoms with Gasteiger partial charge >= 0.3 is 0 Å². The highest BCUT2D eigenvalue weighted by molar-refractivity contribution is 5.15. The molecule has 4 aliphatic carbocycles. The molecule has 0 N–H and O–H groups in total. The van der Waals surface area contributed by atoms with E-state index in [1.807, 2.05) is 7.11 Å². The van der Waals surface area contributed by atoms with Crippen molar-refractivity contribution in [3.8, 4) is 6.07 Å². The molecule has 0 heterocycles. The Balaban J connectivity index is 1.72. The third-order valence-corrected chi connectivity index (χ3v) is 9.23. The summed E-state index contributed by atoms with van der Waals surface area (Å²) in [6.45, 7) is 7.48. The molecule has 4 fully saturated rings. The molecule has 0 bridgehead atoms. The number of rotatable bonds is 1. The van der Waals surface area contributed by atoms with Gasteiger partial charge in [-0.3, -0.25) is 0 Å². The molecule has 0 radical (unpaired) electrons. The lowest BCUT2D eigenvalue weighted by Gasteiger charge is -2.63. The maximum Gasteiger partial charge on any atom is 0.0661 e. The molecule has 134 valence electrons. The summed E-state index contributed by atoms with van der Waals surface area (Å²) in [6, 6.07) is 2.66. The molecule has 4 rings (SSSR count). The number of methoxy groups -OCH3 is 1. The first-order chi connectivity index (χ1) is 11.4. The van der Waals surface area contributed by atoms with E-state index in [-0.39, 0.29) is 11.3 Å². The second-order valence-electron chi connectivity index (χ2n) is 10.2. The number of nitrogens with zero attached hydrogens (tertiary/aromatic N) is 1. The van der Waals surface area contributed by atoms with Gasteiger partial charge in [-0.25, -0.2) is 0 Å². The zero-order valence-corrected chi connectivity index (χ0v) is 16.1. The zero-order valence-electron chi connectivity index (χ0n) is 16.1. The summed E-state index contributed by atoms with van der Waals surface area (Å²) in [6.07, 6.45) is 10.9. The minimum Gasteiger partial charge on any atom is -0.381 e. The molecule has 0 aromatic rings. The Morgan fingerprint density at radius 3 is 2.42 bits per heavy atom. The van der Waals surface area contributed by atoms with Gasteiger partial charge < -0.3 is 4.74 Å². The molecule has 4 aliphatic rings. The van der Waals surface area contributed by atoms with E-state index in [4.69, 9.17) is 4.74 Å². The summed E-state index contributed by atoms with van der Waals surface area (Å²) in [5.41, 5.74) is 0.660. The third-order valence-electron chi connectivity index (χ3n) is 9.23. The van der Waals surface area contributed by atoms with Crippen molar-refractivity contribution in [3.05, 3.63) is 0 Å².